The summed E-state index contributed by atoms with van der Waals surface area (Å²) in [4.78, 5) is 0. The van der Waals surface area contributed by atoms with Crippen LogP contribution in [0.5, 0.6) is 0 Å². The molecule has 0 unspecified atom stereocenters. The summed E-state index contributed by atoms with van der Waals surface area (Å²) in [5.41, 5.74) is 13.8. The maximum absolute atomic E-state index is 6.32. The summed E-state index contributed by atoms with van der Waals surface area (Å²) in [5, 5.41) is 0.798. The van der Waals surface area contributed by atoms with Crippen molar-refractivity contribution in [3.8, 4) is 33.4 Å². The van der Waals surface area contributed by atoms with Crippen molar-refractivity contribution < 1.29 is 0 Å². The van der Waals surface area contributed by atoms with Crippen LogP contribution in [-0.4, -0.2) is 0 Å². The Morgan fingerprint density at radius 2 is 1.17 bits per heavy atom. The van der Waals surface area contributed by atoms with Crippen LogP contribution in [0, 0.1) is 0 Å². The second-order valence-corrected chi connectivity index (χ2v) is 9.30. The van der Waals surface area contributed by atoms with Crippen molar-refractivity contribution in [1.29, 1.82) is 0 Å². The summed E-state index contributed by atoms with van der Waals surface area (Å²) in [5.74, 6) is 0. The summed E-state index contributed by atoms with van der Waals surface area (Å²) >= 11 is 6.32. The first-order valence-corrected chi connectivity index (χ1v) is 10.7. The van der Waals surface area contributed by atoms with E-state index in [0.717, 1.165) is 10.6 Å². The van der Waals surface area contributed by atoms with Gasteiger partial charge in [0.2, 0.25) is 0 Å². The van der Waals surface area contributed by atoms with Crippen molar-refractivity contribution in [2.24, 2.45) is 0 Å². The molecule has 0 radical (unpaired) electrons. The van der Waals surface area contributed by atoms with Gasteiger partial charge in [0.15, 0.2) is 0 Å². The van der Waals surface area contributed by atoms with E-state index in [1.807, 2.05) is 6.07 Å². The Morgan fingerprint density at radius 1 is 0.600 bits per heavy atom. The van der Waals surface area contributed by atoms with Crippen LogP contribution >= 0.6 is 11.6 Å². The highest BCUT2D eigenvalue weighted by atomic mass is 35.5. The Hall–Kier alpha value is -3.09. The zero-order valence-electron chi connectivity index (χ0n) is 17.1. The molecule has 0 bridgehead atoms. The Labute approximate surface area is 182 Å². The molecule has 1 heteroatoms. The highest BCUT2D eigenvalue weighted by Crippen LogP contribution is 2.51. The predicted octanol–water partition coefficient (Wildman–Crippen LogP) is 8.36. The maximum Gasteiger partial charge on any atom is 0.0409 e. The summed E-state index contributed by atoms with van der Waals surface area (Å²) in [7, 11) is 0. The topological polar surface area (TPSA) is 0 Å². The lowest BCUT2D eigenvalue weighted by molar-refractivity contribution is 0.660. The second-order valence-electron chi connectivity index (χ2n) is 8.86. The standard InChI is InChI=1S/C29H21Cl/c1-17-21-6-4-5-7-22(21)23-11-8-18(14-26(17)23)19-9-12-24-25-13-10-20(30)16-28(25)29(2,3)27(24)15-19/h4-16H,1H2,2-3H3. The molecule has 0 nitrogen and oxygen atoms in total. The SMILES string of the molecule is C=C1c2ccccc2-c2ccc(-c3ccc4c(c3)C(C)(C)c3cc(Cl)ccc3-4)cc21. The molecule has 4 aromatic carbocycles. The number of hydrogen-bond acceptors (Lipinski definition) is 0. The first kappa shape index (κ1) is 17.7. The van der Waals surface area contributed by atoms with E-state index in [1.165, 1.54) is 55.6 Å². The van der Waals surface area contributed by atoms with Gasteiger partial charge in [-0.3, -0.25) is 0 Å². The molecule has 0 heterocycles. The van der Waals surface area contributed by atoms with E-state index in [9.17, 15) is 0 Å². The Balaban J connectivity index is 1.49. The quantitative estimate of drug-likeness (QED) is 0.263. The molecule has 2 aliphatic carbocycles. The molecule has 2 aliphatic rings. The van der Waals surface area contributed by atoms with Crippen LogP contribution in [0.15, 0.2) is 85.4 Å². The summed E-state index contributed by atoms with van der Waals surface area (Å²) in [6.07, 6.45) is 0. The highest BCUT2D eigenvalue weighted by Gasteiger charge is 2.35. The number of rotatable bonds is 1. The predicted molar refractivity (Wildman–Crippen MR) is 128 cm³/mol. The van der Waals surface area contributed by atoms with Crippen LogP contribution in [0.3, 0.4) is 0 Å². The Morgan fingerprint density at radius 3 is 1.93 bits per heavy atom. The molecular formula is C29H21Cl. The minimum atomic E-state index is -0.0673. The van der Waals surface area contributed by atoms with Crippen LogP contribution in [0.2, 0.25) is 5.02 Å². The van der Waals surface area contributed by atoms with Crippen molar-refractivity contribution in [1.82, 2.24) is 0 Å². The van der Waals surface area contributed by atoms with Gasteiger partial charge in [0, 0.05) is 10.4 Å². The van der Waals surface area contributed by atoms with Crippen molar-refractivity contribution in [2.45, 2.75) is 19.3 Å². The fourth-order valence-electron chi connectivity index (χ4n) is 5.22. The van der Waals surface area contributed by atoms with Crippen LogP contribution in [0.4, 0.5) is 0 Å². The molecule has 0 N–H and O–H groups in total. The van der Waals surface area contributed by atoms with Gasteiger partial charge in [0.1, 0.15) is 0 Å². The first-order chi connectivity index (χ1) is 14.4. The van der Waals surface area contributed by atoms with Gasteiger partial charge in [0.05, 0.1) is 0 Å². The molecule has 0 amide bonds. The van der Waals surface area contributed by atoms with Crippen LogP contribution in [-0.2, 0) is 5.41 Å². The van der Waals surface area contributed by atoms with Gasteiger partial charge in [-0.15, -0.1) is 0 Å². The molecule has 0 aliphatic heterocycles. The van der Waals surface area contributed by atoms with Gasteiger partial charge in [-0.25, -0.2) is 0 Å². The third-order valence-electron chi connectivity index (χ3n) is 6.86. The van der Waals surface area contributed by atoms with E-state index < -0.39 is 0 Å². The molecule has 0 fully saturated rings. The molecule has 0 saturated heterocycles. The van der Waals surface area contributed by atoms with E-state index in [1.54, 1.807) is 0 Å². The molecule has 4 aromatic rings. The molecule has 0 atom stereocenters. The molecule has 0 saturated carbocycles. The number of halogens is 1. The largest absolute Gasteiger partial charge is 0.0905 e. The van der Waals surface area contributed by atoms with E-state index in [-0.39, 0.29) is 5.41 Å². The Kier molecular flexibility index (Phi) is 3.53. The van der Waals surface area contributed by atoms with Crippen LogP contribution in [0.1, 0.15) is 36.1 Å². The smallest absolute Gasteiger partial charge is 0.0409 e. The third kappa shape index (κ3) is 2.29. The van der Waals surface area contributed by atoms with E-state index in [4.69, 9.17) is 11.6 Å². The number of benzene rings is 4. The van der Waals surface area contributed by atoms with Gasteiger partial charge in [0.25, 0.3) is 0 Å². The van der Waals surface area contributed by atoms with Gasteiger partial charge in [-0.2, -0.15) is 0 Å². The zero-order valence-corrected chi connectivity index (χ0v) is 17.8. The van der Waals surface area contributed by atoms with Gasteiger partial charge in [-0.05, 0) is 85.5 Å². The van der Waals surface area contributed by atoms with Crippen molar-refractivity contribution in [3.63, 3.8) is 0 Å². The summed E-state index contributed by atoms with van der Waals surface area (Å²) < 4.78 is 0. The highest BCUT2D eigenvalue weighted by molar-refractivity contribution is 6.30. The van der Waals surface area contributed by atoms with Crippen molar-refractivity contribution >= 4 is 17.2 Å². The minimum absolute atomic E-state index is 0.0673. The maximum atomic E-state index is 6.32. The van der Waals surface area contributed by atoms with Gasteiger partial charge in [-0.1, -0.05) is 86.6 Å². The summed E-state index contributed by atoms with van der Waals surface area (Å²) in [6.45, 7) is 8.96. The fourth-order valence-corrected chi connectivity index (χ4v) is 5.40. The molecule has 0 spiro atoms. The lowest BCUT2D eigenvalue weighted by Crippen LogP contribution is -2.15. The third-order valence-corrected chi connectivity index (χ3v) is 7.09. The Bertz CT molecular complexity index is 1390. The average Bonchev–Trinajstić information content (AvgIpc) is 3.17. The fraction of sp³-hybridized carbons (Fsp3) is 0.103. The van der Waals surface area contributed by atoms with E-state index in [2.05, 4.69) is 93.2 Å². The lowest BCUT2D eigenvalue weighted by atomic mass is 9.81. The first-order valence-electron chi connectivity index (χ1n) is 10.3. The van der Waals surface area contributed by atoms with E-state index >= 15 is 0 Å². The van der Waals surface area contributed by atoms with Crippen molar-refractivity contribution in [3.05, 3.63) is 113 Å². The molecule has 144 valence electrons. The second kappa shape index (κ2) is 5.97. The lowest BCUT2D eigenvalue weighted by Gasteiger charge is -2.22. The normalized spacial score (nSPS) is 14.8. The van der Waals surface area contributed by atoms with Gasteiger partial charge >= 0.3 is 0 Å². The monoisotopic (exact) mass is 404 g/mol. The average molecular weight is 405 g/mol. The van der Waals surface area contributed by atoms with Crippen LogP contribution < -0.4 is 0 Å². The molecule has 0 aromatic heterocycles. The number of fused-ring (bicyclic) bond motifs is 6. The van der Waals surface area contributed by atoms with E-state index in [0.29, 0.717) is 0 Å². The van der Waals surface area contributed by atoms with Crippen LogP contribution in [0.25, 0.3) is 39.0 Å². The molecular weight excluding hydrogens is 384 g/mol. The minimum Gasteiger partial charge on any atom is -0.0905 e. The summed E-state index contributed by atoms with van der Waals surface area (Å²) in [6, 6.07) is 28.4. The number of hydrogen-bond donors (Lipinski definition) is 0. The molecule has 6 rings (SSSR count). The van der Waals surface area contributed by atoms with Gasteiger partial charge < -0.3 is 0 Å². The zero-order chi connectivity index (χ0) is 20.6. The molecule has 30 heavy (non-hydrogen) atoms. The van der Waals surface area contributed by atoms with Crippen molar-refractivity contribution in [2.75, 3.05) is 0 Å².